The standard InChI is InChI=1S/C17H14FN3O2/c1-11-2-6-13(7-3-11)17-20-15(21-23-17)16(22)19-10-12-4-8-14(18)9-5-12/h2-9H,10H2,1H3,(H,19,22). The first kappa shape index (κ1) is 14.9. The molecule has 6 heteroatoms. The van der Waals surface area contributed by atoms with Gasteiger partial charge in [0.05, 0.1) is 0 Å². The van der Waals surface area contributed by atoms with Gasteiger partial charge in [-0.2, -0.15) is 4.98 Å². The molecule has 0 fully saturated rings. The van der Waals surface area contributed by atoms with Crippen molar-refractivity contribution in [3.8, 4) is 11.5 Å². The maximum Gasteiger partial charge on any atom is 0.292 e. The van der Waals surface area contributed by atoms with Gasteiger partial charge in [-0.1, -0.05) is 35.0 Å². The van der Waals surface area contributed by atoms with Gasteiger partial charge in [0, 0.05) is 12.1 Å². The second kappa shape index (κ2) is 6.39. The zero-order valence-electron chi connectivity index (χ0n) is 12.4. The van der Waals surface area contributed by atoms with Crippen molar-refractivity contribution in [3.05, 3.63) is 71.3 Å². The summed E-state index contributed by atoms with van der Waals surface area (Å²) in [5, 5.41) is 6.35. The Morgan fingerprint density at radius 1 is 1.13 bits per heavy atom. The predicted octanol–water partition coefficient (Wildman–Crippen LogP) is 3.11. The molecule has 0 saturated heterocycles. The zero-order chi connectivity index (χ0) is 16.2. The molecule has 0 radical (unpaired) electrons. The SMILES string of the molecule is Cc1ccc(-c2nc(C(=O)NCc3ccc(F)cc3)no2)cc1. The van der Waals surface area contributed by atoms with E-state index in [9.17, 15) is 9.18 Å². The highest BCUT2D eigenvalue weighted by atomic mass is 19.1. The molecule has 116 valence electrons. The van der Waals surface area contributed by atoms with Gasteiger partial charge in [0.25, 0.3) is 17.6 Å². The minimum absolute atomic E-state index is 0.0392. The van der Waals surface area contributed by atoms with E-state index in [0.29, 0.717) is 0 Å². The van der Waals surface area contributed by atoms with E-state index >= 15 is 0 Å². The second-order valence-electron chi connectivity index (χ2n) is 5.10. The molecule has 3 aromatic rings. The minimum Gasteiger partial charge on any atom is -0.345 e. The molecule has 0 unspecified atom stereocenters. The highest BCUT2D eigenvalue weighted by Gasteiger charge is 2.15. The van der Waals surface area contributed by atoms with E-state index < -0.39 is 5.91 Å². The van der Waals surface area contributed by atoms with Gasteiger partial charge < -0.3 is 9.84 Å². The Morgan fingerprint density at radius 3 is 2.52 bits per heavy atom. The van der Waals surface area contributed by atoms with Gasteiger partial charge in [0.1, 0.15) is 5.82 Å². The normalized spacial score (nSPS) is 10.5. The Hall–Kier alpha value is -3.02. The molecule has 0 spiro atoms. The van der Waals surface area contributed by atoms with Gasteiger partial charge in [0.15, 0.2) is 0 Å². The van der Waals surface area contributed by atoms with Crippen LogP contribution in [0.3, 0.4) is 0 Å². The van der Waals surface area contributed by atoms with Gasteiger partial charge in [-0.3, -0.25) is 4.79 Å². The number of amides is 1. The number of rotatable bonds is 4. The van der Waals surface area contributed by atoms with Crippen LogP contribution in [0.2, 0.25) is 0 Å². The molecular formula is C17H14FN3O2. The van der Waals surface area contributed by atoms with Crippen LogP contribution in [-0.4, -0.2) is 16.0 Å². The average molecular weight is 311 g/mol. The third-order valence-corrected chi connectivity index (χ3v) is 3.29. The molecule has 5 nitrogen and oxygen atoms in total. The van der Waals surface area contributed by atoms with Crippen LogP contribution < -0.4 is 5.32 Å². The number of nitrogens with zero attached hydrogens (tertiary/aromatic N) is 2. The van der Waals surface area contributed by atoms with Crippen LogP contribution in [0.5, 0.6) is 0 Å². The van der Waals surface area contributed by atoms with E-state index in [1.165, 1.54) is 12.1 Å². The lowest BCUT2D eigenvalue weighted by Crippen LogP contribution is -2.23. The van der Waals surface area contributed by atoms with Crippen LogP contribution >= 0.6 is 0 Å². The quantitative estimate of drug-likeness (QED) is 0.804. The lowest BCUT2D eigenvalue weighted by atomic mass is 10.1. The first-order chi connectivity index (χ1) is 11.1. The lowest BCUT2D eigenvalue weighted by molar-refractivity contribution is 0.0937. The Balaban J connectivity index is 1.66. The maximum atomic E-state index is 12.8. The third kappa shape index (κ3) is 3.60. The average Bonchev–Trinajstić information content (AvgIpc) is 3.05. The largest absolute Gasteiger partial charge is 0.345 e. The molecule has 0 saturated carbocycles. The molecule has 23 heavy (non-hydrogen) atoms. The van der Waals surface area contributed by atoms with E-state index in [0.717, 1.165) is 16.7 Å². The smallest absolute Gasteiger partial charge is 0.292 e. The molecule has 0 aliphatic carbocycles. The molecule has 0 aliphatic heterocycles. The fourth-order valence-corrected chi connectivity index (χ4v) is 1.99. The van der Waals surface area contributed by atoms with Gasteiger partial charge in [-0.25, -0.2) is 4.39 Å². The van der Waals surface area contributed by atoms with Crippen molar-refractivity contribution in [3.63, 3.8) is 0 Å². The molecular weight excluding hydrogens is 297 g/mol. The summed E-state index contributed by atoms with van der Waals surface area (Å²) in [6.45, 7) is 2.24. The van der Waals surface area contributed by atoms with Crippen molar-refractivity contribution in [2.24, 2.45) is 0 Å². The molecule has 1 N–H and O–H groups in total. The maximum absolute atomic E-state index is 12.8. The number of carbonyl (C=O) groups excluding carboxylic acids is 1. The number of halogens is 1. The van der Waals surface area contributed by atoms with Gasteiger partial charge in [0.2, 0.25) is 0 Å². The Morgan fingerprint density at radius 2 is 1.83 bits per heavy atom. The van der Waals surface area contributed by atoms with Crippen LogP contribution in [0.15, 0.2) is 53.1 Å². The van der Waals surface area contributed by atoms with Crippen molar-refractivity contribution in [2.75, 3.05) is 0 Å². The van der Waals surface area contributed by atoms with Crippen molar-refractivity contribution >= 4 is 5.91 Å². The number of carbonyl (C=O) groups is 1. The number of benzene rings is 2. The Kier molecular flexibility index (Phi) is 4.14. The first-order valence-corrected chi connectivity index (χ1v) is 7.05. The number of hydrogen-bond acceptors (Lipinski definition) is 4. The molecule has 1 heterocycles. The third-order valence-electron chi connectivity index (χ3n) is 3.29. The van der Waals surface area contributed by atoms with Gasteiger partial charge in [-0.05, 0) is 36.8 Å². The van der Waals surface area contributed by atoms with Gasteiger partial charge >= 0.3 is 0 Å². The number of aryl methyl sites for hydroxylation is 1. The van der Waals surface area contributed by atoms with E-state index in [1.807, 2.05) is 31.2 Å². The van der Waals surface area contributed by atoms with Crippen molar-refractivity contribution < 1.29 is 13.7 Å². The van der Waals surface area contributed by atoms with Crippen molar-refractivity contribution in [1.29, 1.82) is 0 Å². The predicted molar refractivity (Wildman–Crippen MR) is 82.0 cm³/mol. The van der Waals surface area contributed by atoms with Crippen LogP contribution in [0.4, 0.5) is 4.39 Å². The molecule has 1 aromatic heterocycles. The van der Waals surface area contributed by atoms with Crippen molar-refractivity contribution in [2.45, 2.75) is 13.5 Å². The molecule has 0 bridgehead atoms. The summed E-state index contributed by atoms with van der Waals surface area (Å²) in [6.07, 6.45) is 0. The lowest BCUT2D eigenvalue weighted by Gasteiger charge is -2.02. The highest BCUT2D eigenvalue weighted by molar-refractivity contribution is 5.90. The molecule has 0 aliphatic rings. The van der Waals surface area contributed by atoms with E-state index in [-0.39, 0.29) is 24.1 Å². The van der Waals surface area contributed by atoms with Crippen LogP contribution in [-0.2, 0) is 6.54 Å². The molecule has 2 aromatic carbocycles. The molecule has 0 atom stereocenters. The number of hydrogen-bond donors (Lipinski definition) is 1. The number of nitrogens with one attached hydrogen (secondary N) is 1. The van der Waals surface area contributed by atoms with E-state index in [4.69, 9.17) is 4.52 Å². The van der Waals surface area contributed by atoms with Crippen LogP contribution in [0, 0.1) is 12.7 Å². The summed E-state index contributed by atoms with van der Waals surface area (Å²) in [6, 6.07) is 13.4. The summed E-state index contributed by atoms with van der Waals surface area (Å²) in [5.74, 6) is -0.517. The summed E-state index contributed by atoms with van der Waals surface area (Å²) in [5.41, 5.74) is 2.65. The highest BCUT2D eigenvalue weighted by Crippen LogP contribution is 2.17. The fourth-order valence-electron chi connectivity index (χ4n) is 1.99. The first-order valence-electron chi connectivity index (χ1n) is 7.05. The molecule has 3 rings (SSSR count). The monoisotopic (exact) mass is 311 g/mol. The zero-order valence-corrected chi connectivity index (χ0v) is 12.4. The summed E-state index contributed by atoms with van der Waals surface area (Å²) >= 11 is 0. The molecule has 1 amide bonds. The fraction of sp³-hybridized carbons (Fsp3) is 0.118. The van der Waals surface area contributed by atoms with E-state index in [1.54, 1.807) is 12.1 Å². The second-order valence-corrected chi connectivity index (χ2v) is 5.10. The Bertz CT molecular complexity index is 811. The van der Waals surface area contributed by atoms with Crippen LogP contribution in [0.25, 0.3) is 11.5 Å². The Labute approximate surface area is 132 Å². The van der Waals surface area contributed by atoms with Gasteiger partial charge in [-0.15, -0.1) is 0 Å². The topological polar surface area (TPSA) is 68.0 Å². The van der Waals surface area contributed by atoms with E-state index in [2.05, 4.69) is 15.5 Å². The van der Waals surface area contributed by atoms with Crippen LogP contribution in [0.1, 0.15) is 21.7 Å². The summed E-state index contributed by atoms with van der Waals surface area (Å²) < 4.78 is 17.9. The summed E-state index contributed by atoms with van der Waals surface area (Å²) in [4.78, 5) is 16.1. The summed E-state index contributed by atoms with van der Waals surface area (Å²) in [7, 11) is 0. The minimum atomic E-state index is -0.448. The number of aromatic nitrogens is 2. The van der Waals surface area contributed by atoms with Crippen molar-refractivity contribution in [1.82, 2.24) is 15.5 Å².